The summed E-state index contributed by atoms with van der Waals surface area (Å²) in [5.41, 5.74) is 3.02. The first-order valence-electron chi connectivity index (χ1n) is 10.6. The lowest BCUT2D eigenvalue weighted by molar-refractivity contribution is 0.143. The lowest BCUT2D eigenvalue weighted by Gasteiger charge is -2.33. The predicted molar refractivity (Wildman–Crippen MR) is 120 cm³/mol. The third-order valence-electron chi connectivity index (χ3n) is 5.98. The number of hydrogen-bond donors (Lipinski definition) is 2. The molecule has 2 aliphatic heterocycles. The van der Waals surface area contributed by atoms with Crippen LogP contribution in [0.4, 0.5) is 26.0 Å². The average Bonchev–Trinajstić information content (AvgIpc) is 3.05. The zero-order chi connectivity index (χ0) is 22.2. The van der Waals surface area contributed by atoms with E-state index in [2.05, 4.69) is 30.4 Å². The summed E-state index contributed by atoms with van der Waals surface area (Å²) in [6.07, 6.45) is 3.88. The lowest BCUT2D eigenvalue weighted by Crippen LogP contribution is -2.37. The van der Waals surface area contributed by atoms with Crippen molar-refractivity contribution >= 4 is 23.0 Å². The second kappa shape index (κ2) is 8.31. The maximum Gasteiger partial charge on any atom is 0.144 e. The fraction of sp³-hybridized carbons (Fsp3) is 0.348. The number of anilines is 2. The molecule has 1 atom stereocenters. The van der Waals surface area contributed by atoms with E-state index in [-0.39, 0.29) is 11.4 Å². The number of nitrogens with one attached hydrogen (secondary N) is 2. The van der Waals surface area contributed by atoms with Crippen molar-refractivity contribution < 1.29 is 13.5 Å². The minimum Gasteiger partial charge on any atom is -0.384 e. The van der Waals surface area contributed by atoms with Gasteiger partial charge in [0.2, 0.25) is 0 Å². The molecular formula is C23H24F2N6O. The Morgan fingerprint density at radius 3 is 2.84 bits per heavy atom. The van der Waals surface area contributed by atoms with E-state index in [4.69, 9.17) is 4.74 Å². The molecule has 0 saturated carbocycles. The van der Waals surface area contributed by atoms with Crippen LogP contribution in [0.3, 0.4) is 0 Å². The van der Waals surface area contributed by atoms with Gasteiger partial charge in [0.1, 0.15) is 34.7 Å². The molecule has 7 nitrogen and oxygen atoms in total. The molecule has 0 radical (unpaired) electrons. The number of aromatic nitrogens is 3. The van der Waals surface area contributed by atoms with E-state index < -0.39 is 11.6 Å². The monoisotopic (exact) mass is 438 g/mol. The number of aryl methyl sites for hydroxylation is 1. The summed E-state index contributed by atoms with van der Waals surface area (Å²) >= 11 is 0. The van der Waals surface area contributed by atoms with Crippen LogP contribution in [-0.4, -0.2) is 47.8 Å². The number of piperidine rings is 1. The fourth-order valence-corrected chi connectivity index (χ4v) is 4.42. The molecule has 9 heteroatoms. The number of halogens is 2. The standard InChI is InChI=1S/C23H24F2N6O/c1-13-21-22(30-29-13)15-9-19(31-8-4-5-14(11-31)12-32-2)26-10-18(15)27-23(28-21)20-16(24)6-3-7-17(20)25/h3,6-7,9-10,14H,4-5,8,11-12H2,1-2H3,(H,27,28)(H,29,30)/t14-/m0/s1. The molecule has 5 rings (SSSR count). The maximum absolute atomic E-state index is 14.5. The van der Waals surface area contributed by atoms with Gasteiger partial charge in [0.05, 0.1) is 29.7 Å². The molecule has 4 heterocycles. The molecular weight excluding hydrogens is 414 g/mol. The van der Waals surface area contributed by atoms with Crippen molar-refractivity contribution in [1.29, 1.82) is 0 Å². The molecule has 2 aliphatic rings. The minimum absolute atomic E-state index is 0.0813. The van der Waals surface area contributed by atoms with Crippen LogP contribution < -0.4 is 10.2 Å². The number of benzene rings is 1. The van der Waals surface area contributed by atoms with E-state index >= 15 is 0 Å². The van der Waals surface area contributed by atoms with Gasteiger partial charge >= 0.3 is 0 Å². The average molecular weight is 438 g/mol. The van der Waals surface area contributed by atoms with Crippen molar-refractivity contribution in [2.75, 3.05) is 37.0 Å². The number of hydrogen-bond acceptors (Lipinski definition) is 6. The normalized spacial score (nSPS) is 17.8. The molecule has 0 spiro atoms. The van der Waals surface area contributed by atoms with Gasteiger partial charge in [-0.15, -0.1) is 0 Å². The molecule has 1 aromatic carbocycles. The zero-order valence-electron chi connectivity index (χ0n) is 18.0. The smallest absolute Gasteiger partial charge is 0.144 e. The van der Waals surface area contributed by atoms with Crippen LogP contribution in [0.5, 0.6) is 0 Å². The summed E-state index contributed by atoms with van der Waals surface area (Å²) in [7, 11) is 1.72. The highest BCUT2D eigenvalue weighted by atomic mass is 19.1. The highest BCUT2D eigenvalue weighted by Crippen LogP contribution is 2.40. The Morgan fingerprint density at radius 2 is 2.06 bits per heavy atom. The fourth-order valence-electron chi connectivity index (χ4n) is 4.42. The molecule has 2 N–H and O–H groups in total. The zero-order valence-corrected chi connectivity index (χ0v) is 18.0. The first-order chi connectivity index (χ1) is 15.5. The van der Waals surface area contributed by atoms with Crippen molar-refractivity contribution in [3.8, 4) is 11.3 Å². The molecule has 3 aromatic rings. The number of amidine groups is 1. The molecule has 0 aliphatic carbocycles. The van der Waals surface area contributed by atoms with Gasteiger partial charge in [-0.05, 0) is 43.9 Å². The van der Waals surface area contributed by atoms with Gasteiger partial charge in [0.15, 0.2) is 0 Å². The van der Waals surface area contributed by atoms with Crippen LogP contribution >= 0.6 is 0 Å². The van der Waals surface area contributed by atoms with Crippen LogP contribution in [0.1, 0.15) is 24.1 Å². The Bertz CT molecular complexity index is 1170. The SMILES string of the molecule is COC[C@H]1CCCN(c2cc3c(cn2)NC(c2c(F)cccc2F)=Nc2c-3n[nH]c2C)C1. The number of ether oxygens (including phenoxy) is 1. The highest BCUT2D eigenvalue weighted by Gasteiger charge is 2.27. The summed E-state index contributed by atoms with van der Waals surface area (Å²) < 4.78 is 34.4. The van der Waals surface area contributed by atoms with Crippen molar-refractivity contribution in [3.63, 3.8) is 0 Å². The number of rotatable bonds is 4. The number of pyridine rings is 1. The molecule has 32 heavy (non-hydrogen) atoms. The molecule has 1 fully saturated rings. The first-order valence-corrected chi connectivity index (χ1v) is 10.6. The predicted octanol–water partition coefficient (Wildman–Crippen LogP) is 4.42. The van der Waals surface area contributed by atoms with Gasteiger partial charge in [-0.25, -0.2) is 18.8 Å². The van der Waals surface area contributed by atoms with Crippen molar-refractivity contribution in [1.82, 2.24) is 15.2 Å². The molecule has 0 amide bonds. The van der Waals surface area contributed by atoms with Crippen molar-refractivity contribution in [2.24, 2.45) is 10.9 Å². The van der Waals surface area contributed by atoms with E-state index in [1.54, 1.807) is 13.3 Å². The van der Waals surface area contributed by atoms with Gasteiger partial charge in [-0.1, -0.05) is 6.07 Å². The highest BCUT2D eigenvalue weighted by molar-refractivity contribution is 6.13. The third kappa shape index (κ3) is 3.62. The number of aliphatic imine (C=N–C) groups is 1. The van der Waals surface area contributed by atoms with Crippen molar-refractivity contribution in [2.45, 2.75) is 19.8 Å². The van der Waals surface area contributed by atoms with Gasteiger partial charge < -0.3 is 15.0 Å². The Balaban J connectivity index is 1.58. The second-order valence-corrected chi connectivity index (χ2v) is 8.23. The molecule has 2 aromatic heterocycles. The molecule has 0 bridgehead atoms. The van der Waals surface area contributed by atoms with Crippen LogP contribution in [0.25, 0.3) is 11.3 Å². The van der Waals surface area contributed by atoms with E-state index in [0.29, 0.717) is 28.7 Å². The lowest BCUT2D eigenvalue weighted by atomic mass is 9.98. The Morgan fingerprint density at radius 1 is 1.25 bits per heavy atom. The maximum atomic E-state index is 14.5. The number of fused-ring (bicyclic) bond motifs is 3. The second-order valence-electron chi connectivity index (χ2n) is 8.23. The number of aromatic amines is 1. The van der Waals surface area contributed by atoms with Crippen LogP contribution in [0, 0.1) is 24.5 Å². The summed E-state index contributed by atoms with van der Waals surface area (Å²) in [6, 6.07) is 5.72. The van der Waals surface area contributed by atoms with Gasteiger partial charge in [-0.3, -0.25) is 5.10 Å². The van der Waals surface area contributed by atoms with E-state index in [1.807, 2.05) is 13.0 Å². The Labute approximate surface area is 184 Å². The van der Waals surface area contributed by atoms with Gasteiger partial charge in [0, 0.05) is 25.8 Å². The molecule has 166 valence electrons. The van der Waals surface area contributed by atoms with Crippen LogP contribution in [-0.2, 0) is 4.74 Å². The van der Waals surface area contributed by atoms with E-state index in [0.717, 1.165) is 43.9 Å². The molecule has 1 saturated heterocycles. The Hall–Kier alpha value is -3.33. The summed E-state index contributed by atoms with van der Waals surface area (Å²) in [4.78, 5) is 11.5. The quantitative estimate of drug-likeness (QED) is 0.630. The molecule has 0 unspecified atom stereocenters. The topological polar surface area (TPSA) is 78.4 Å². The summed E-state index contributed by atoms with van der Waals surface area (Å²) in [5, 5.41) is 10.5. The third-order valence-corrected chi connectivity index (χ3v) is 5.98. The Kier molecular flexibility index (Phi) is 5.34. The summed E-state index contributed by atoms with van der Waals surface area (Å²) in [6.45, 7) is 4.32. The largest absolute Gasteiger partial charge is 0.384 e. The first kappa shape index (κ1) is 20.6. The number of methoxy groups -OCH3 is 1. The minimum atomic E-state index is -0.690. The van der Waals surface area contributed by atoms with Crippen LogP contribution in [0.2, 0.25) is 0 Å². The van der Waals surface area contributed by atoms with E-state index in [1.165, 1.54) is 18.2 Å². The van der Waals surface area contributed by atoms with Gasteiger partial charge in [0.25, 0.3) is 0 Å². The van der Waals surface area contributed by atoms with Crippen LogP contribution in [0.15, 0.2) is 35.5 Å². The van der Waals surface area contributed by atoms with Gasteiger partial charge in [-0.2, -0.15) is 5.10 Å². The number of nitrogens with zero attached hydrogens (tertiary/aromatic N) is 4. The number of H-pyrrole nitrogens is 1. The van der Waals surface area contributed by atoms with E-state index in [9.17, 15) is 8.78 Å². The summed E-state index contributed by atoms with van der Waals surface area (Å²) in [5.74, 6) is -0.0140. The van der Waals surface area contributed by atoms with Crippen molar-refractivity contribution in [3.05, 3.63) is 53.4 Å².